The van der Waals surface area contributed by atoms with Gasteiger partial charge in [-0.15, -0.1) is 0 Å². The summed E-state index contributed by atoms with van der Waals surface area (Å²) in [5.41, 5.74) is 9.49. The van der Waals surface area contributed by atoms with Crippen molar-refractivity contribution in [1.82, 2.24) is 9.72 Å². The Kier molecular flexibility index (Phi) is 4.03. The van der Waals surface area contributed by atoms with Crippen LogP contribution in [0.5, 0.6) is 5.75 Å². The number of aromatic hydroxyl groups is 1. The van der Waals surface area contributed by atoms with E-state index in [1.165, 1.54) is 12.1 Å². The first-order valence-corrected chi connectivity index (χ1v) is 8.47. The topological polar surface area (TPSA) is 110 Å². The zero-order chi connectivity index (χ0) is 20.0. The fourth-order valence-electron chi connectivity index (χ4n) is 3.51. The quantitative estimate of drug-likeness (QED) is 0.216. The average molecular weight is 380 g/mol. The summed E-state index contributed by atoms with van der Waals surface area (Å²) in [6.45, 7) is 3.53. The fourth-order valence-corrected chi connectivity index (χ4v) is 3.51. The number of oxime groups is 1. The standard InChI is InChI=1S/C20H17FN4O3/c1-10-17(11(2)28-24-10)19-18(20(22)23-27)13-5-3-4-6-15(13)25(19)12-7-8-16(26)14(21)9-12/h3-9,26-27H,1-2H3,(H2,22,23). The Hall–Kier alpha value is -3.81. The Morgan fingerprint density at radius 2 is 1.96 bits per heavy atom. The van der Waals surface area contributed by atoms with E-state index in [0.717, 1.165) is 0 Å². The molecule has 0 saturated carbocycles. The molecule has 0 aliphatic heterocycles. The van der Waals surface area contributed by atoms with Crippen molar-refractivity contribution in [2.24, 2.45) is 10.9 Å². The van der Waals surface area contributed by atoms with Crippen LogP contribution in [0.25, 0.3) is 27.8 Å². The van der Waals surface area contributed by atoms with Gasteiger partial charge in [-0.05, 0) is 32.0 Å². The monoisotopic (exact) mass is 380 g/mol. The SMILES string of the molecule is Cc1noc(C)c1-c1c(C(N)=NO)c2ccccc2n1-c1ccc(O)c(F)c1. The molecule has 0 unspecified atom stereocenters. The van der Waals surface area contributed by atoms with Crippen LogP contribution in [0.15, 0.2) is 52.1 Å². The number of rotatable bonds is 3. The Labute approximate surface area is 159 Å². The van der Waals surface area contributed by atoms with Crippen molar-refractivity contribution in [3.05, 3.63) is 65.3 Å². The molecular weight excluding hydrogens is 363 g/mol. The second-order valence-electron chi connectivity index (χ2n) is 6.40. The van der Waals surface area contributed by atoms with E-state index in [1.807, 2.05) is 24.3 Å². The number of nitrogens with zero attached hydrogens (tertiary/aromatic N) is 3. The molecular formula is C20H17FN4O3. The highest BCUT2D eigenvalue weighted by Gasteiger charge is 2.27. The first kappa shape index (κ1) is 17.6. The van der Waals surface area contributed by atoms with Gasteiger partial charge < -0.3 is 25.1 Å². The highest BCUT2D eigenvalue weighted by atomic mass is 19.1. The number of phenolic OH excluding ortho intramolecular Hbond substituents is 1. The van der Waals surface area contributed by atoms with E-state index in [1.54, 1.807) is 24.5 Å². The summed E-state index contributed by atoms with van der Waals surface area (Å²) in [5.74, 6) is -0.766. The van der Waals surface area contributed by atoms with Gasteiger partial charge in [0, 0.05) is 17.1 Å². The van der Waals surface area contributed by atoms with Crippen LogP contribution in [0.2, 0.25) is 0 Å². The van der Waals surface area contributed by atoms with Gasteiger partial charge in [-0.2, -0.15) is 0 Å². The van der Waals surface area contributed by atoms with E-state index < -0.39 is 11.6 Å². The third-order valence-corrected chi connectivity index (χ3v) is 4.70. The van der Waals surface area contributed by atoms with Crippen LogP contribution < -0.4 is 5.73 Å². The van der Waals surface area contributed by atoms with Crippen molar-refractivity contribution in [3.8, 4) is 22.7 Å². The summed E-state index contributed by atoms with van der Waals surface area (Å²) in [6, 6.07) is 11.4. The minimum absolute atomic E-state index is 0.0933. The molecule has 0 aliphatic carbocycles. The summed E-state index contributed by atoms with van der Waals surface area (Å²) in [7, 11) is 0. The van der Waals surface area contributed by atoms with Gasteiger partial charge in [0.1, 0.15) is 5.76 Å². The second-order valence-corrected chi connectivity index (χ2v) is 6.40. The number of halogens is 1. The molecule has 2 heterocycles. The maximum absolute atomic E-state index is 14.1. The van der Waals surface area contributed by atoms with Crippen LogP contribution in [-0.4, -0.2) is 25.9 Å². The number of para-hydroxylation sites is 1. The molecule has 142 valence electrons. The molecule has 8 heteroatoms. The van der Waals surface area contributed by atoms with Crippen LogP contribution in [0.4, 0.5) is 4.39 Å². The zero-order valence-corrected chi connectivity index (χ0v) is 15.1. The average Bonchev–Trinajstić information content (AvgIpc) is 3.19. The third kappa shape index (κ3) is 2.50. The van der Waals surface area contributed by atoms with E-state index in [9.17, 15) is 14.7 Å². The molecule has 4 aromatic rings. The number of nitrogens with two attached hydrogens (primary N) is 1. The number of hydrogen-bond donors (Lipinski definition) is 3. The third-order valence-electron chi connectivity index (χ3n) is 4.70. The highest BCUT2D eigenvalue weighted by Crippen LogP contribution is 2.39. The molecule has 28 heavy (non-hydrogen) atoms. The van der Waals surface area contributed by atoms with Crippen molar-refractivity contribution in [2.75, 3.05) is 0 Å². The normalized spacial score (nSPS) is 12.0. The predicted octanol–water partition coefficient (Wildman–Crippen LogP) is 3.84. The summed E-state index contributed by atoms with van der Waals surface area (Å²) in [6.07, 6.45) is 0. The van der Waals surface area contributed by atoms with Crippen LogP contribution in [0.3, 0.4) is 0 Å². The van der Waals surface area contributed by atoms with Crippen LogP contribution in [-0.2, 0) is 0 Å². The van der Waals surface area contributed by atoms with Crippen LogP contribution >= 0.6 is 0 Å². The molecule has 0 saturated heterocycles. The van der Waals surface area contributed by atoms with E-state index in [2.05, 4.69) is 10.3 Å². The van der Waals surface area contributed by atoms with Gasteiger partial charge in [0.15, 0.2) is 17.4 Å². The van der Waals surface area contributed by atoms with Gasteiger partial charge in [-0.1, -0.05) is 28.5 Å². The molecule has 2 aromatic carbocycles. The van der Waals surface area contributed by atoms with Gasteiger partial charge in [0.05, 0.1) is 28.0 Å². The minimum atomic E-state index is -0.759. The lowest BCUT2D eigenvalue weighted by atomic mass is 10.0. The number of benzene rings is 2. The lowest BCUT2D eigenvalue weighted by Crippen LogP contribution is -2.14. The first-order chi connectivity index (χ1) is 13.4. The Bertz CT molecular complexity index is 1220. The number of phenols is 1. The van der Waals surface area contributed by atoms with Gasteiger partial charge in [-0.3, -0.25) is 0 Å². The van der Waals surface area contributed by atoms with Crippen molar-refractivity contribution in [2.45, 2.75) is 13.8 Å². The Balaban J connectivity index is 2.23. The van der Waals surface area contributed by atoms with Gasteiger partial charge >= 0.3 is 0 Å². The maximum Gasteiger partial charge on any atom is 0.172 e. The van der Waals surface area contributed by atoms with E-state index in [4.69, 9.17) is 10.3 Å². The molecule has 0 fully saturated rings. The molecule has 7 nitrogen and oxygen atoms in total. The largest absolute Gasteiger partial charge is 0.505 e. The molecule has 0 aliphatic rings. The van der Waals surface area contributed by atoms with E-state index in [0.29, 0.717) is 44.9 Å². The van der Waals surface area contributed by atoms with Gasteiger partial charge in [-0.25, -0.2) is 4.39 Å². The molecule has 0 bridgehead atoms. The lowest BCUT2D eigenvalue weighted by Gasteiger charge is -2.13. The number of aromatic nitrogens is 2. The summed E-state index contributed by atoms with van der Waals surface area (Å²) in [5, 5.41) is 26.9. The van der Waals surface area contributed by atoms with Crippen LogP contribution in [0.1, 0.15) is 17.0 Å². The van der Waals surface area contributed by atoms with E-state index in [-0.39, 0.29) is 5.84 Å². The Morgan fingerprint density at radius 3 is 2.61 bits per heavy atom. The number of hydrogen-bond acceptors (Lipinski definition) is 5. The van der Waals surface area contributed by atoms with Crippen molar-refractivity contribution in [3.63, 3.8) is 0 Å². The lowest BCUT2D eigenvalue weighted by molar-refractivity contribution is 0.318. The fraction of sp³-hybridized carbons (Fsp3) is 0.100. The number of fused-ring (bicyclic) bond motifs is 1. The minimum Gasteiger partial charge on any atom is -0.505 e. The van der Waals surface area contributed by atoms with Crippen molar-refractivity contribution >= 4 is 16.7 Å². The smallest absolute Gasteiger partial charge is 0.172 e. The second kappa shape index (κ2) is 6.41. The number of aryl methyl sites for hydroxylation is 2. The molecule has 4 N–H and O–H groups in total. The van der Waals surface area contributed by atoms with Gasteiger partial charge in [0.25, 0.3) is 0 Å². The molecule has 0 spiro atoms. The van der Waals surface area contributed by atoms with E-state index >= 15 is 0 Å². The summed E-state index contributed by atoms with van der Waals surface area (Å²) in [4.78, 5) is 0. The predicted molar refractivity (Wildman–Crippen MR) is 102 cm³/mol. The molecule has 4 rings (SSSR count). The highest BCUT2D eigenvalue weighted by molar-refractivity contribution is 6.15. The molecule has 0 atom stereocenters. The molecule has 0 radical (unpaired) electrons. The maximum atomic E-state index is 14.1. The molecule has 0 amide bonds. The number of amidine groups is 1. The molecule has 2 aromatic heterocycles. The van der Waals surface area contributed by atoms with Gasteiger partial charge in [0.2, 0.25) is 0 Å². The van der Waals surface area contributed by atoms with Crippen molar-refractivity contribution in [1.29, 1.82) is 0 Å². The van der Waals surface area contributed by atoms with Crippen molar-refractivity contribution < 1.29 is 19.2 Å². The Morgan fingerprint density at radius 1 is 1.21 bits per heavy atom. The summed E-state index contributed by atoms with van der Waals surface area (Å²) >= 11 is 0. The van der Waals surface area contributed by atoms with Crippen LogP contribution in [0, 0.1) is 19.7 Å². The summed E-state index contributed by atoms with van der Waals surface area (Å²) < 4.78 is 21.2. The zero-order valence-electron chi connectivity index (χ0n) is 15.1. The first-order valence-electron chi connectivity index (χ1n) is 8.47.